The minimum Gasteiger partial charge on any atom is -0.478 e. The first-order valence-electron chi connectivity index (χ1n) is 7.74. The lowest BCUT2D eigenvalue weighted by Crippen LogP contribution is -2.34. The number of hydrogen-bond acceptors (Lipinski definition) is 5. The highest BCUT2D eigenvalue weighted by Crippen LogP contribution is 2.13. The molecule has 7 heteroatoms. The fourth-order valence-electron chi connectivity index (χ4n) is 2.58. The summed E-state index contributed by atoms with van der Waals surface area (Å²) in [6.07, 6.45) is 3.37. The number of carbonyl (C=O) groups is 1. The molecule has 7 nitrogen and oxygen atoms in total. The Balaban J connectivity index is 1.83. The highest BCUT2D eigenvalue weighted by atomic mass is 16.5. The first-order chi connectivity index (χ1) is 11.2. The Hall–Kier alpha value is -2.41. The van der Waals surface area contributed by atoms with Gasteiger partial charge in [-0.2, -0.15) is 0 Å². The van der Waals surface area contributed by atoms with Crippen molar-refractivity contribution in [3.63, 3.8) is 0 Å². The summed E-state index contributed by atoms with van der Waals surface area (Å²) < 4.78 is 10.8. The van der Waals surface area contributed by atoms with E-state index >= 15 is 0 Å². The lowest BCUT2D eigenvalue weighted by Gasteiger charge is -2.10. The average molecular weight is 317 g/mol. The van der Waals surface area contributed by atoms with Crippen LogP contribution in [0.4, 0.5) is 0 Å². The molecule has 1 fully saturated rings. The zero-order chi connectivity index (χ0) is 16.2. The number of aromatic nitrogens is 2. The number of fused-ring (bicyclic) bond motifs is 1. The third kappa shape index (κ3) is 3.34. The van der Waals surface area contributed by atoms with Gasteiger partial charge in [0.2, 0.25) is 11.3 Å². The van der Waals surface area contributed by atoms with Crippen LogP contribution in [0.2, 0.25) is 0 Å². The molecular weight excluding hydrogens is 298 g/mol. The fraction of sp³-hybridized carbons (Fsp3) is 0.438. The van der Waals surface area contributed by atoms with Crippen molar-refractivity contribution in [3.05, 3.63) is 34.1 Å². The molecule has 3 rings (SSSR count). The topological polar surface area (TPSA) is 93.3 Å². The van der Waals surface area contributed by atoms with Crippen LogP contribution in [0, 0.1) is 0 Å². The summed E-state index contributed by atoms with van der Waals surface area (Å²) in [5.74, 6) is -0.0605. The predicted molar refractivity (Wildman–Crippen MR) is 84.8 cm³/mol. The van der Waals surface area contributed by atoms with Gasteiger partial charge in [0, 0.05) is 25.4 Å². The molecule has 1 amide bonds. The van der Waals surface area contributed by atoms with Crippen LogP contribution in [0.15, 0.2) is 23.1 Å². The molecule has 23 heavy (non-hydrogen) atoms. The van der Waals surface area contributed by atoms with E-state index in [2.05, 4.69) is 15.3 Å². The number of hydrogen-bond donors (Lipinski definition) is 2. The zero-order valence-corrected chi connectivity index (χ0v) is 12.9. The van der Waals surface area contributed by atoms with Gasteiger partial charge in [-0.15, -0.1) is 0 Å². The average Bonchev–Trinajstić information content (AvgIpc) is 3.07. The molecule has 0 saturated carbocycles. The predicted octanol–water partition coefficient (Wildman–Crippen LogP) is 1.23. The first-order valence-corrected chi connectivity index (χ1v) is 7.74. The lowest BCUT2D eigenvalue weighted by atomic mass is 10.2. The van der Waals surface area contributed by atoms with Gasteiger partial charge in [0.05, 0.1) is 18.2 Å². The summed E-state index contributed by atoms with van der Waals surface area (Å²) in [6.45, 7) is 3.42. The lowest BCUT2D eigenvalue weighted by molar-refractivity contribution is 0.0856. The number of carbonyl (C=O) groups excluding carboxylic acids is 1. The van der Waals surface area contributed by atoms with Crippen LogP contribution in [0.25, 0.3) is 11.0 Å². The summed E-state index contributed by atoms with van der Waals surface area (Å²) in [7, 11) is 0. The Labute approximate surface area is 133 Å². The van der Waals surface area contributed by atoms with Crippen molar-refractivity contribution in [1.82, 2.24) is 15.3 Å². The second kappa shape index (κ2) is 6.78. The number of nitrogens with zero attached hydrogens (tertiary/aromatic N) is 1. The molecule has 0 aliphatic carbocycles. The van der Waals surface area contributed by atoms with Crippen molar-refractivity contribution in [2.75, 3.05) is 19.8 Å². The molecule has 122 valence electrons. The molecule has 1 aliphatic rings. The van der Waals surface area contributed by atoms with Gasteiger partial charge in [-0.3, -0.25) is 9.59 Å². The van der Waals surface area contributed by atoms with Crippen LogP contribution in [0.1, 0.15) is 30.1 Å². The Morgan fingerprint density at radius 1 is 1.52 bits per heavy atom. The molecule has 2 N–H and O–H groups in total. The maximum atomic E-state index is 12.5. The van der Waals surface area contributed by atoms with Crippen LogP contribution in [-0.4, -0.2) is 41.7 Å². The van der Waals surface area contributed by atoms with Crippen molar-refractivity contribution < 1.29 is 14.3 Å². The monoisotopic (exact) mass is 317 g/mol. The van der Waals surface area contributed by atoms with Crippen molar-refractivity contribution in [2.24, 2.45) is 0 Å². The second-order valence-electron chi connectivity index (χ2n) is 5.36. The molecule has 1 saturated heterocycles. The van der Waals surface area contributed by atoms with Gasteiger partial charge in [0.1, 0.15) is 11.1 Å². The number of H-pyrrole nitrogens is 1. The van der Waals surface area contributed by atoms with E-state index in [1.807, 2.05) is 6.92 Å². The minimum absolute atomic E-state index is 0.0289. The molecule has 1 atom stereocenters. The van der Waals surface area contributed by atoms with Crippen molar-refractivity contribution in [3.8, 4) is 5.88 Å². The van der Waals surface area contributed by atoms with Crippen molar-refractivity contribution >= 4 is 16.9 Å². The molecule has 0 bridgehead atoms. The molecule has 2 aromatic heterocycles. The van der Waals surface area contributed by atoms with E-state index in [-0.39, 0.29) is 17.2 Å². The van der Waals surface area contributed by atoms with Crippen LogP contribution < -0.4 is 15.5 Å². The van der Waals surface area contributed by atoms with Crippen LogP contribution in [-0.2, 0) is 4.74 Å². The van der Waals surface area contributed by atoms with Gasteiger partial charge in [-0.1, -0.05) is 0 Å². The smallest absolute Gasteiger partial charge is 0.256 e. The molecule has 0 aromatic carbocycles. The van der Waals surface area contributed by atoms with Gasteiger partial charge in [0.25, 0.3) is 5.91 Å². The van der Waals surface area contributed by atoms with Crippen LogP contribution >= 0.6 is 0 Å². The minimum atomic E-state index is -0.424. The number of pyridine rings is 2. The molecule has 0 spiro atoms. The Morgan fingerprint density at radius 2 is 2.39 bits per heavy atom. The molecule has 3 heterocycles. The van der Waals surface area contributed by atoms with Crippen LogP contribution in [0.3, 0.4) is 0 Å². The highest BCUT2D eigenvalue weighted by Gasteiger charge is 2.19. The van der Waals surface area contributed by atoms with E-state index < -0.39 is 11.3 Å². The quantitative estimate of drug-likeness (QED) is 0.865. The largest absolute Gasteiger partial charge is 0.478 e. The number of amides is 1. The van der Waals surface area contributed by atoms with E-state index in [9.17, 15) is 9.59 Å². The maximum Gasteiger partial charge on any atom is 0.256 e. The Kier molecular flexibility index (Phi) is 4.57. The van der Waals surface area contributed by atoms with E-state index in [0.717, 1.165) is 19.4 Å². The van der Waals surface area contributed by atoms with Gasteiger partial charge < -0.3 is 19.8 Å². The SMILES string of the molecule is CCOc1ccc2[nH]cc(C(=O)NCC3CCCO3)c(=O)c2n1. The standard InChI is InChI=1S/C16H19N3O4/c1-2-22-13-6-5-12-14(19-13)15(20)11(9-17-12)16(21)18-8-10-4-3-7-23-10/h5-6,9-10H,2-4,7-8H2,1H3,(H,17,20)(H,18,21). The zero-order valence-electron chi connectivity index (χ0n) is 12.9. The van der Waals surface area contributed by atoms with Gasteiger partial charge in [-0.05, 0) is 25.8 Å². The summed E-state index contributed by atoms with van der Waals surface area (Å²) in [4.78, 5) is 31.8. The van der Waals surface area contributed by atoms with E-state index in [1.54, 1.807) is 12.1 Å². The second-order valence-corrected chi connectivity index (χ2v) is 5.36. The number of rotatable bonds is 5. The maximum absolute atomic E-state index is 12.5. The van der Waals surface area contributed by atoms with E-state index in [0.29, 0.717) is 24.5 Å². The number of nitrogens with one attached hydrogen (secondary N) is 2. The van der Waals surface area contributed by atoms with Crippen LogP contribution in [0.5, 0.6) is 5.88 Å². The van der Waals surface area contributed by atoms with E-state index in [4.69, 9.17) is 9.47 Å². The Bertz CT molecular complexity index is 765. The highest BCUT2D eigenvalue weighted by molar-refractivity contribution is 5.96. The summed E-state index contributed by atoms with van der Waals surface area (Å²) >= 11 is 0. The third-order valence-corrected chi connectivity index (χ3v) is 3.75. The molecule has 2 aromatic rings. The summed E-state index contributed by atoms with van der Waals surface area (Å²) in [5, 5.41) is 2.74. The fourth-order valence-corrected chi connectivity index (χ4v) is 2.58. The van der Waals surface area contributed by atoms with Crippen molar-refractivity contribution in [2.45, 2.75) is 25.9 Å². The van der Waals surface area contributed by atoms with Gasteiger partial charge in [-0.25, -0.2) is 4.98 Å². The molecule has 0 radical (unpaired) electrons. The third-order valence-electron chi connectivity index (χ3n) is 3.75. The molecule has 1 aliphatic heterocycles. The Morgan fingerprint density at radius 3 is 3.13 bits per heavy atom. The van der Waals surface area contributed by atoms with Gasteiger partial charge >= 0.3 is 0 Å². The molecule has 1 unspecified atom stereocenters. The molecular formula is C16H19N3O4. The summed E-state index contributed by atoms with van der Waals surface area (Å²) in [6, 6.07) is 3.39. The number of aromatic amines is 1. The summed E-state index contributed by atoms with van der Waals surface area (Å²) in [5.41, 5.74) is 0.386. The van der Waals surface area contributed by atoms with Crippen molar-refractivity contribution in [1.29, 1.82) is 0 Å². The van der Waals surface area contributed by atoms with Gasteiger partial charge in [0.15, 0.2) is 0 Å². The van der Waals surface area contributed by atoms with E-state index in [1.165, 1.54) is 6.20 Å². The normalized spacial score (nSPS) is 17.3. The number of ether oxygens (including phenoxy) is 2. The first kappa shape index (κ1) is 15.5.